The minimum atomic E-state index is -0.487. The van der Waals surface area contributed by atoms with Crippen LogP contribution in [0, 0.1) is 0 Å². The Morgan fingerprint density at radius 2 is 2.00 bits per heavy atom. The Hall–Kier alpha value is -1.65. The molecule has 112 valence electrons. The van der Waals surface area contributed by atoms with E-state index in [4.69, 9.17) is 0 Å². The zero-order chi connectivity index (χ0) is 14.7. The molecule has 4 heteroatoms. The first-order valence-corrected chi connectivity index (χ1v) is 7.66. The fraction of sp³-hybridized carbons (Fsp3) is 0.471. The van der Waals surface area contributed by atoms with E-state index in [-0.39, 0.29) is 0 Å². The zero-order valence-electron chi connectivity index (χ0n) is 12.6. The highest BCUT2D eigenvalue weighted by atomic mass is 16.3. The van der Waals surface area contributed by atoms with E-state index in [0.717, 1.165) is 44.6 Å². The molecule has 21 heavy (non-hydrogen) atoms. The van der Waals surface area contributed by atoms with Crippen molar-refractivity contribution in [3.63, 3.8) is 0 Å². The Kier molecular flexibility index (Phi) is 4.08. The van der Waals surface area contributed by atoms with Crippen LogP contribution in [0.25, 0.3) is 5.69 Å². The van der Waals surface area contributed by atoms with Crippen LogP contribution in [-0.2, 0) is 6.54 Å². The summed E-state index contributed by atoms with van der Waals surface area (Å²) in [6.07, 6.45) is 6.57. The summed E-state index contributed by atoms with van der Waals surface area (Å²) in [6.45, 7) is 4.94. The van der Waals surface area contributed by atoms with E-state index in [1.807, 2.05) is 23.9 Å². The normalized spacial score (nSPS) is 23.9. The maximum Gasteiger partial charge on any atom is 0.0645 e. The van der Waals surface area contributed by atoms with Crippen LogP contribution in [0.1, 0.15) is 31.7 Å². The second-order valence-corrected chi connectivity index (χ2v) is 6.24. The van der Waals surface area contributed by atoms with Crippen LogP contribution < -0.4 is 0 Å². The molecule has 4 nitrogen and oxygen atoms in total. The number of hydrogen-bond donors (Lipinski definition) is 1. The smallest absolute Gasteiger partial charge is 0.0645 e. The topological polar surface area (TPSA) is 41.3 Å². The van der Waals surface area contributed by atoms with Crippen molar-refractivity contribution in [3.8, 4) is 5.69 Å². The van der Waals surface area contributed by atoms with Crippen molar-refractivity contribution in [1.29, 1.82) is 0 Å². The second-order valence-electron chi connectivity index (χ2n) is 6.24. The van der Waals surface area contributed by atoms with Gasteiger partial charge in [0.1, 0.15) is 0 Å². The standard InChI is InChI=1S/C17H23N3O/c1-17(21)8-2-11-19(13-9-17)14-15-4-6-16(7-5-15)20-12-3-10-18-20/h3-7,10,12,21H,2,8-9,11,13-14H2,1H3. The molecule has 2 heterocycles. The molecule has 2 aromatic rings. The van der Waals surface area contributed by atoms with Gasteiger partial charge in [0.25, 0.3) is 0 Å². The van der Waals surface area contributed by atoms with Crippen molar-refractivity contribution in [1.82, 2.24) is 14.7 Å². The molecule has 1 aromatic carbocycles. The number of nitrogens with zero attached hydrogens (tertiary/aromatic N) is 3. The number of likely N-dealkylation sites (tertiary alicyclic amines) is 1. The van der Waals surface area contributed by atoms with Crippen molar-refractivity contribution in [2.24, 2.45) is 0 Å². The van der Waals surface area contributed by atoms with Crippen LogP contribution >= 0.6 is 0 Å². The van der Waals surface area contributed by atoms with Gasteiger partial charge in [-0.3, -0.25) is 4.90 Å². The highest BCUT2D eigenvalue weighted by Gasteiger charge is 2.24. The number of benzene rings is 1. The van der Waals surface area contributed by atoms with Crippen molar-refractivity contribution < 1.29 is 5.11 Å². The van der Waals surface area contributed by atoms with E-state index < -0.39 is 5.60 Å². The minimum absolute atomic E-state index is 0.487. The molecule has 1 fully saturated rings. The van der Waals surface area contributed by atoms with Gasteiger partial charge in [0.15, 0.2) is 0 Å². The Balaban J connectivity index is 1.63. The third-order valence-corrected chi connectivity index (χ3v) is 4.27. The molecule has 0 bridgehead atoms. The van der Waals surface area contributed by atoms with Crippen LogP contribution in [0.2, 0.25) is 0 Å². The molecular weight excluding hydrogens is 262 g/mol. The summed E-state index contributed by atoms with van der Waals surface area (Å²) in [5, 5.41) is 14.4. The molecule has 0 amide bonds. The SMILES string of the molecule is CC1(O)CCCN(Cc2ccc(-n3cccn3)cc2)CC1. The highest BCUT2D eigenvalue weighted by Crippen LogP contribution is 2.22. The molecule has 1 aliphatic heterocycles. The first-order chi connectivity index (χ1) is 10.1. The second kappa shape index (κ2) is 6.00. The van der Waals surface area contributed by atoms with Crippen LogP contribution in [0.3, 0.4) is 0 Å². The molecule has 1 aromatic heterocycles. The van der Waals surface area contributed by atoms with Crippen LogP contribution in [-0.4, -0.2) is 38.5 Å². The Bertz CT molecular complexity index is 560. The summed E-state index contributed by atoms with van der Waals surface area (Å²) in [6, 6.07) is 10.5. The quantitative estimate of drug-likeness (QED) is 0.942. The Labute approximate surface area is 126 Å². The number of hydrogen-bond acceptors (Lipinski definition) is 3. The van der Waals surface area contributed by atoms with E-state index in [2.05, 4.69) is 34.3 Å². The summed E-state index contributed by atoms with van der Waals surface area (Å²) >= 11 is 0. The fourth-order valence-corrected chi connectivity index (χ4v) is 2.91. The first-order valence-electron chi connectivity index (χ1n) is 7.66. The zero-order valence-corrected chi connectivity index (χ0v) is 12.6. The van der Waals surface area contributed by atoms with Crippen molar-refractivity contribution in [3.05, 3.63) is 48.3 Å². The van der Waals surface area contributed by atoms with E-state index in [9.17, 15) is 5.11 Å². The molecule has 1 aliphatic rings. The molecule has 1 saturated heterocycles. The molecule has 1 atom stereocenters. The third kappa shape index (κ3) is 3.71. The fourth-order valence-electron chi connectivity index (χ4n) is 2.91. The van der Waals surface area contributed by atoms with Gasteiger partial charge >= 0.3 is 0 Å². The van der Waals surface area contributed by atoms with Gasteiger partial charge in [-0.15, -0.1) is 0 Å². The van der Waals surface area contributed by atoms with Crippen molar-refractivity contribution >= 4 is 0 Å². The van der Waals surface area contributed by atoms with Crippen LogP contribution in [0.4, 0.5) is 0 Å². The summed E-state index contributed by atoms with van der Waals surface area (Å²) in [7, 11) is 0. The maximum absolute atomic E-state index is 10.1. The summed E-state index contributed by atoms with van der Waals surface area (Å²) in [5.74, 6) is 0. The lowest BCUT2D eigenvalue weighted by atomic mass is 9.98. The number of aliphatic hydroxyl groups is 1. The average Bonchev–Trinajstić information content (AvgIpc) is 2.94. The van der Waals surface area contributed by atoms with E-state index in [0.29, 0.717) is 0 Å². The lowest BCUT2D eigenvalue weighted by Gasteiger charge is -2.22. The lowest BCUT2D eigenvalue weighted by molar-refractivity contribution is 0.0444. The highest BCUT2D eigenvalue weighted by molar-refractivity contribution is 5.33. The van der Waals surface area contributed by atoms with Gasteiger partial charge in [-0.25, -0.2) is 4.68 Å². The molecule has 3 rings (SSSR count). The molecule has 0 aliphatic carbocycles. The summed E-state index contributed by atoms with van der Waals surface area (Å²) < 4.78 is 1.87. The van der Waals surface area contributed by atoms with Gasteiger partial charge in [0.2, 0.25) is 0 Å². The van der Waals surface area contributed by atoms with E-state index in [1.54, 1.807) is 6.20 Å². The summed E-state index contributed by atoms with van der Waals surface area (Å²) in [5.41, 5.74) is 1.91. The van der Waals surface area contributed by atoms with Gasteiger partial charge in [-0.1, -0.05) is 12.1 Å². The van der Waals surface area contributed by atoms with Gasteiger partial charge in [-0.05, 0) is 56.5 Å². The molecular formula is C17H23N3O. The van der Waals surface area contributed by atoms with Crippen molar-refractivity contribution in [2.45, 2.75) is 38.3 Å². The van der Waals surface area contributed by atoms with Gasteiger partial charge in [0, 0.05) is 25.5 Å². The average molecular weight is 285 g/mol. The van der Waals surface area contributed by atoms with Gasteiger partial charge in [-0.2, -0.15) is 5.10 Å². The van der Waals surface area contributed by atoms with Gasteiger partial charge < -0.3 is 5.11 Å². The van der Waals surface area contributed by atoms with E-state index in [1.165, 1.54) is 5.56 Å². The van der Waals surface area contributed by atoms with E-state index >= 15 is 0 Å². The largest absolute Gasteiger partial charge is 0.390 e. The number of rotatable bonds is 3. The van der Waals surface area contributed by atoms with Crippen molar-refractivity contribution in [2.75, 3.05) is 13.1 Å². The molecule has 1 N–H and O–H groups in total. The predicted octanol–water partition coefficient (Wildman–Crippen LogP) is 2.61. The maximum atomic E-state index is 10.1. The first kappa shape index (κ1) is 14.3. The monoisotopic (exact) mass is 285 g/mol. The molecule has 1 unspecified atom stereocenters. The van der Waals surface area contributed by atoms with Crippen LogP contribution in [0.5, 0.6) is 0 Å². The molecule has 0 spiro atoms. The van der Waals surface area contributed by atoms with Gasteiger partial charge in [0.05, 0.1) is 11.3 Å². The predicted molar refractivity (Wildman–Crippen MR) is 83.3 cm³/mol. The minimum Gasteiger partial charge on any atom is -0.390 e. The van der Waals surface area contributed by atoms with Crippen LogP contribution in [0.15, 0.2) is 42.7 Å². The molecule has 0 saturated carbocycles. The third-order valence-electron chi connectivity index (χ3n) is 4.27. The lowest BCUT2D eigenvalue weighted by Crippen LogP contribution is -2.28. The molecule has 0 radical (unpaired) electrons. The Morgan fingerprint density at radius 3 is 2.71 bits per heavy atom. The summed E-state index contributed by atoms with van der Waals surface area (Å²) in [4.78, 5) is 2.43. The Morgan fingerprint density at radius 1 is 1.19 bits per heavy atom. The number of aromatic nitrogens is 2.